The summed E-state index contributed by atoms with van der Waals surface area (Å²) in [6.07, 6.45) is 3.49. The van der Waals surface area contributed by atoms with E-state index < -0.39 is 0 Å². The van der Waals surface area contributed by atoms with Crippen LogP contribution in [-0.2, 0) is 4.79 Å². The molecule has 0 unspecified atom stereocenters. The zero-order valence-electron chi connectivity index (χ0n) is 11.2. The Morgan fingerprint density at radius 2 is 2.26 bits per heavy atom. The van der Waals surface area contributed by atoms with Gasteiger partial charge in [-0.15, -0.1) is 11.6 Å². The maximum atomic E-state index is 11.8. The Bertz CT molecular complexity index is 438. The highest BCUT2D eigenvalue weighted by Crippen LogP contribution is 2.32. The molecule has 1 fully saturated rings. The van der Waals surface area contributed by atoms with E-state index in [1.165, 1.54) is 0 Å². The van der Waals surface area contributed by atoms with Crippen LogP contribution in [0.25, 0.3) is 0 Å². The lowest BCUT2D eigenvalue weighted by Crippen LogP contribution is -2.55. The first-order chi connectivity index (χ1) is 9.13. The molecule has 2 rings (SSSR count). The maximum Gasteiger partial charge on any atom is 0.223 e. The fourth-order valence-electron chi connectivity index (χ4n) is 2.22. The number of nitrogens with one attached hydrogen (secondary N) is 1. The van der Waals surface area contributed by atoms with E-state index in [4.69, 9.17) is 16.3 Å². The average molecular weight is 282 g/mol. The van der Waals surface area contributed by atoms with Crippen LogP contribution in [0.1, 0.15) is 31.2 Å². The van der Waals surface area contributed by atoms with E-state index in [0.717, 1.165) is 30.6 Å². The van der Waals surface area contributed by atoms with Crippen molar-refractivity contribution in [2.75, 3.05) is 12.5 Å². The Morgan fingerprint density at radius 1 is 1.47 bits per heavy atom. The lowest BCUT2D eigenvalue weighted by Gasteiger charge is -2.41. The topological polar surface area (TPSA) is 38.3 Å². The summed E-state index contributed by atoms with van der Waals surface area (Å²) in [7, 11) is 0. The summed E-state index contributed by atoms with van der Waals surface area (Å²) in [5, 5.41) is 3.03. The normalized spacial score (nSPS) is 16.5. The van der Waals surface area contributed by atoms with Crippen molar-refractivity contribution in [3.05, 3.63) is 29.8 Å². The maximum absolute atomic E-state index is 11.8. The molecule has 1 amide bonds. The molecule has 0 aromatic heterocycles. The van der Waals surface area contributed by atoms with E-state index in [1.807, 2.05) is 31.2 Å². The molecular formula is C15H20ClNO2. The van der Waals surface area contributed by atoms with Crippen molar-refractivity contribution in [1.82, 2.24) is 5.32 Å². The second-order valence-electron chi connectivity index (χ2n) is 5.23. The van der Waals surface area contributed by atoms with E-state index in [0.29, 0.717) is 18.9 Å². The average Bonchev–Trinajstić information content (AvgIpc) is 2.34. The van der Waals surface area contributed by atoms with Crippen molar-refractivity contribution in [1.29, 1.82) is 0 Å². The zero-order chi connectivity index (χ0) is 13.7. The molecule has 1 N–H and O–H groups in total. The van der Waals surface area contributed by atoms with Crippen LogP contribution in [0.15, 0.2) is 24.3 Å². The fraction of sp³-hybridized carbons (Fsp3) is 0.533. The second-order valence-corrected chi connectivity index (χ2v) is 5.50. The number of hydrogen-bond donors (Lipinski definition) is 1. The van der Waals surface area contributed by atoms with E-state index in [1.54, 1.807) is 0 Å². The molecule has 1 aromatic carbocycles. The fourth-order valence-corrected chi connectivity index (χ4v) is 2.55. The number of amides is 1. The summed E-state index contributed by atoms with van der Waals surface area (Å²) < 4.78 is 5.56. The Balaban J connectivity index is 1.72. The lowest BCUT2D eigenvalue weighted by molar-refractivity contribution is -0.124. The van der Waals surface area contributed by atoms with Crippen LogP contribution in [0.4, 0.5) is 0 Å². The van der Waals surface area contributed by atoms with Crippen LogP contribution in [0.5, 0.6) is 5.75 Å². The van der Waals surface area contributed by atoms with Crippen LogP contribution in [0.2, 0.25) is 0 Å². The smallest absolute Gasteiger partial charge is 0.223 e. The molecule has 1 aromatic rings. The van der Waals surface area contributed by atoms with Gasteiger partial charge in [0.1, 0.15) is 5.75 Å². The molecule has 0 atom stereocenters. The van der Waals surface area contributed by atoms with Crippen LogP contribution in [0.3, 0.4) is 0 Å². The largest absolute Gasteiger partial charge is 0.493 e. The minimum Gasteiger partial charge on any atom is -0.493 e. The Hall–Kier alpha value is -1.22. The third-order valence-electron chi connectivity index (χ3n) is 3.56. The summed E-state index contributed by atoms with van der Waals surface area (Å²) in [5.74, 6) is 1.33. The van der Waals surface area contributed by atoms with Gasteiger partial charge >= 0.3 is 0 Å². The molecule has 0 heterocycles. The third-order valence-corrected chi connectivity index (χ3v) is 4.07. The second kappa shape index (κ2) is 6.29. The quantitative estimate of drug-likeness (QED) is 0.814. The summed E-state index contributed by atoms with van der Waals surface area (Å²) in [4.78, 5) is 11.8. The number of carbonyl (C=O) groups excluding carboxylic acids is 1. The molecular weight excluding hydrogens is 262 g/mol. The molecule has 0 bridgehead atoms. The van der Waals surface area contributed by atoms with Crippen LogP contribution in [0, 0.1) is 6.92 Å². The summed E-state index contributed by atoms with van der Waals surface area (Å²) >= 11 is 5.91. The van der Waals surface area contributed by atoms with Crippen LogP contribution < -0.4 is 10.1 Å². The van der Waals surface area contributed by atoms with Gasteiger partial charge in [-0.05, 0) is 43.9 Å². The number of hydrogen-bond acceptors (Lipinski definition) is 2. The summed E-state index contributed by atoms with van der Waals surface area (Å²) in [5.41, 5.74) is 1.000. The highest BCUT2D eigenvalue weighted by Gasteiger charge is 2.37. The summed E-state index contributed by atoms with van der Waals surface area (Å²) in [6, 6.07) is 7.82. The van der Waals surface area contributed by atoms with Gasteiger partial charge < -0.3 is 10.1 Å². The van der Waals surface area contributed by atoms with Crippen molar-refractivity contribution in [3.8, 4) is 5.75 Å². The molecule has 1 saturated carbocycles. The van der Waals surface area contributed by atoms with Gasteiger partial charge in [0, 0.05) is 5.88 Å². The van der Waals surface area contributed by atoms with Gasteiger partial charge in [-0.1, -0.05) is 12.1 Å². The minimum absolute atomic E-state index is 0.0213. The number of alkyl halides is 1. The van der Waals surface area contributed by atoms with E-state index in [-0.39, 0.29) is 11.4 Å². The highest BCUT2D eigenvalue weighted by molar-refractivity contribution is 6.18. The molecule has 104 valence electrons. The van der Waals surface area contributed by atoms with E-state index >= 15 is 0 Å². The monoisotopic (exact) mass is 281 g/mol. The van der Waals surface area contributed by atoms with Crippen molar-refractivity contribution in [3.63, 3.8) is 0 Å². The molecule has 1 aliphatic rings. The van der Waals surface area contributed by atoms with Gasteiger partial charge in [-0.2, -0.15) is 0 Å². The van der Waals surface area contributed by atoms with Crippen molar-refractivity contribution in [2.24, 2.45) is 0 Å². The molecule has 0 radical (unpaired) electrons. The molecule has 0 saturated heterocycles. The zero-order valence-corrected chi connectivity index (χ0v) is 12.0. The predicted octanol–water partition coefficient (Wildman–Crippen LogP) is 3.04. The molecule has 0 spiro atoms. The molecule has 0 aliphatic heterocycles. The molecule has 19 heavy (non-hydrogen) atoms. The van der Waals surface area contributed by atoms with Crippen LogP contribution in [-0.4, -0.2) is 23.9 Å². The predicted molar refractivity (Wildman–Crippen MR) is 76.7 cm³/mol. The first-order valence-electron chi connectivity index (χ1n) is 6.70. The van der Waals surface area contributed by atoms with Gasteiger partial charge in [0.05, 0.1) is 18.6 Å². The highest BCUT2D eigenvalue weighted by atomic mass is 35.5. The minimum atomic E-state index is -0.151. The Labute approximate surface area is 119 Å². The van der Waals surface area contributed by atoms with Gasteiger partial charge in [0.25, 0.3) is 0 Å². The van der Waals surface area contributed by atoms with Gasteiger partial charge in [-0.3, -0.25) is 4.79 Å². The van der Waals surface area contributed by atoms with Crippen LogP contribution >= 0.6 is 11.6 Å². The van der Waals surface area contributed by atoms with Gasteiger partial charge in [0.2, 0.25) is 5.91 Å². The van der Waals surface area contributed by atoms with E-state index in [9.17, 15) is 4.79 Å². The third kappa shape index (κ3) is 3.87. The van der Waals surface area contributed by atoms with Crippen molar-refractivity contribution >= 4 is 17.5 Å². The lowest BCUT2D eigenvalue weighted by atomic mass is 9.78. The van der Waals surface area contributed by atoms with E-state index in [2.05, 4.69) is 5.32 Å². The SMILES string of the molecule is Cc1cccc(OCCC(=O)NC2(CCl)CCC2)c1. The van der Waals surface area contributed by atoms with Crippen molar-refractivity contribution < 1.29 is 9.53 Å². The first-order valence-corrected chi connectivity index (χ1v) is 7.23. The van der Waals surface area contributed by atoms with Crippen molar-refractivity contribution in [2.45, 2.75) is 38.1 Å². The number of aryl methyl sites for hydroxylation is 1. The Morgan fingerprint density at radius 3 is 2.84 bits per heavy atom. The number of benzene rings is 1. The standard InChI is InChI=1S/C15H20ClNO2/c1-12-4-2-5-13(10-12)19-9-6-14(18)17-15(11-16)7-3-8-15/h2,4-5,10H,3,6-9,11H2,1H3,(H,17,18). The summed E-state index contributed by atoms with van der Waals surface area (Å²) in [6.45, 7) is 2.41. The van der Waals surface area contributed by atoms with Gasteiger partial charge in [-0.25, -0.2) is 0 Å². The van der Waals surface area contributed by atoms with Gasteiger partial charge in [0.15, 0.2) is 0 Å². The number of rotatable bonds is 6. The number of halogens is 1. The number of ether oxygens (including phenoxy) is 1. The molecule has 4 heteroatoms. The molecule has 3 nitrogen and oxygen atoms in total. The molecule has 1 aliphatic carbocycles. The number of carbonyl (C=O) groups is 1. The first kappa shape index (κ1) is 14.2. The Kier molecular flexibility index (Phi) is 4.70.